The molecule has 0 saturated heterocycles. The Morgan fingerprint density at radius 2 is 2.09 bits per heavy atom. The van der Waals surface area contributed by atoms with Crippen LogP contribution >= 0.6 is 15.9 Å². The van der Waals surface area contributed by atoms with Crippen LogP contribution < -0.4 is 10.1 Å². The highest BCUT2D eigenvalue weighted by Gasteiger charge is 2.47. The van der Waals surface area contributed by atoms with Gasteiger partial charge in [-0.1, -0.05) is 22.0 Å². The van der Waals surface area contributed by atoms with E-state index in [1.165, 1.54) is 0 Å². The zero-order valence-electron chi connectivity index (χ0n) is 12.6. The highest BCUT2D eigenvalue weighted by atomic mass is 79.9. The van der Waals surface area contributed by atoms with Crippen molar-refractivity contribution in [1.29, 1.82) is 0 Å². The van der Waals surface area contributed by atoms with E-state index < -0.39 is 23.2 Å². The van der Waals surface area contributed by atoms with Crippen LogP contribution in [0.2, 0.25) is 0 Å². The fourth-order valence-corrected chi connectivity index (χ4v) is 2.64. The quantitative estimate of drug-likeness (QED) is 0.834. The van der Waals surface area contributed by atoms with Crippen LogP contribution in [0.4, 0.5) is 4.79 Å². The van der Waals surface area contributed by atoms with Gasteiger partial charge in [0.05, 0.1) is 6.61 Å². The van der Waals surface area contributed by atoms with Crippen LogP contribution in [0.3, 0.4) is 0 Å². The van der Waals surface area contributed by atoms with Gasteiger partial charge in [0.25, 0.3) is 0 Å². The number of carbonyl (C=O) groups excluding carboxylic acids is 1. The number of alkyl carbamates (subject to hydrolysis) is 1. The molecule has 0 aromatic heterocycles. The van der Waals surface area contributed by atoms with Crippen molar-refractivity contribution in [2.45, 2.75) is 38.3 Å². The number of hydrogen-bond donors (Lipinski definition) is 2. The number of rotatable bonds is 2. The third kappa shape index (κ3) is 3.35. The van der Waals surface area contributed by atoms with Gasteiger partial charge in [0.2, 0.25) is 0 Å². The molecule has 0 radical (unpaired) electrons. The Morgan fingerprint density at radius 3 is 2.68 bits per heavy atom. The Bertz CT molecular complexity index is 610. The molecule has 0 fully saturated rings. The predicted molar refractivity (Wildman–Crippen MR) is 82.9 cm³/mol. The first-order valence-electron chi connectivity index (χ1n) is 6.81. The number of benzene rings is 1. The summed E-state index contributed by atoms with van der Waals surface area (Å²) in [6.07, 6.45) is -0.651. The first kappa shape index (κ1) is 16.6. The summed E-state index contributed by atoms with van der Waals surface area (Å²) in [7, 11) is 0. The van der Waals surface area contributed by atoms with Gasteiger partial charge in [-0.25, -0.2) is 9.59 Å². The standard InChI is InChI=1S/C15H18BrNO5/c1-14(2,3)22-13(20)17-15(12(18)19)6-7-21-11-8-9(16)4-5-10(11)15/h4-5,8H,6-7H2,1-3H3,(H,17,20)(H,18,19). The molecule has 1 aliphatic heterocycles. The molecule has 0 saturated carbocycles. The summed E-state index contributed by atoms with van der Waals surface area (Å²) in [6.45, 7) is 5.34. The van der Waals surface area contributed by atoms with Gasteiger partial charge in [-0.15, -0.1) is 0 Å². The molecule has 6 nitrogen and oxygen atoms in total. The Kier molecular flexibility index (Phi) is 4.37. The second kappa shape index (κ2) is 5.79. The van der Waals surface area contributed by atoms with E-state index in [0.29, 0.717) is 11.3 Å². The molecule has 2 N–H and O–H groups in total. The third-order valence-electron chi connectivity index (χ3n) is 3.22. The van der Waals surface area contributed by atoms with E-state index >= 15 is 0 Å². The number of carboxylic acid groups (broad SMARTS) is 1. The molecule has 0 bridgehead atoms. The van der Waals surface area contributed by atoms with Gasteiger partial charge in [0, 0.05) is 16.5 Å². The first-order chi connectivity index (χ1) is 10.1. The molecule has 1 aliphatic rings. The summed E-state index contributed by atoms with van der Waals surface area (Å²) < 4.78 is 11.5. The highest BCUT2D eigenvalue weighted by Crippen LogP contribution is 2.39. The SMILES string of the molecule is CC(C)(C)OC(=O)NC1(C(=O)O)CCOc2cc(Br)ccc21. The van der Waals surface area contributed by atoms with Crippen molar-refractivity contribution < 1.29 is 24.2 Å². The van der Waals surface area contributed by atoms with Crippen molar-refractivity contribution in [3.05, 3.63) is 28.2 Å². The molecular formula is C15H18BrNO5. The molecule has 120 valence electrons. The van der Waals surface area contributed by atoms with Crippen LogP contribution in [0.25, 0.3) is 0 Å². The number of halogens is 1. The van der Waals surface area contributed by atoms with Gasteiger partial charge in [0.1, 0.15) is 11.4 Å². The number of carbonyl (C=O) groups is 2. The molecule has 7 heteroatoms. The number of hydrogen-bond acceptors (Lipinski definition) is 4. The molecule has 0 spiro atoms. The largest absolute Gasteiger partial charge is 0.493 e. The Hall–Kier alpha value is -1.76. The average Bonchev–Trinajstić information content (AvgIpc) is 2.35. The lowest BCUT2D eigenvalue weighted by Gasteiger charge is -2.36. The monoisotopic (exact) mass is 371 g/mol. The lowest BCUT2D eigenvalue weighted by Crippen LogP contribution is -2.55. The van der Waals surface area contributed by atoms with E-state index in [4.69, 9.17) is 9.47 Å². The Morgan fingerprint density at radius 1 is 1.41 bits per heavy atom. The maximum Gasteiger partial charge on any atom is 0.408 e. The van der Waals surface area contributed by atoms with Crippen molar-refractivity contribution in [1.82, 2.24) is 5.32 Å². The molecule has 1 heterocycles. The molecule has 1 aromatic rings. The summed E-state index contributed by atoms with van der Waals surface area (Å²) in [5.74, 6) is -0.718. The number of ether oxygens (including phenoxy) is 2. The van der Waals surface area contributed by atoms with Crippen LogP contribution in [0, 0.1) is 0 Å². The number of fused-ring (bicyclic) bond motifs is 1. The van der Waals surface area contributed by atoms with E-state index in [-0.39, 0.29) is 13.0 Å². The minimum absolute atomic E-state index is 0.121. The van der Waals surface area contributed by atoms with Gasteiger partial charge >= 0.3 is 12.1 Å². The third-order valence-corrected chi connectivity index (χ3v) is 3.71. The van der Waals surface area contributed by atoms with E-state index in [0.717, 1.165) is 4.47 Å². The molecule has 2 rings (SSSR count). The van der Waals surface area contributed by atoms with Crippen LogP contribution in [0.5, 0.6) is 5.75 Å². The number of nitrogens with one attached hydrogen (secondary N) is 1. The van der Waals surface area contributed by atoms with Crippen LogP contribution in [0.1, 0.15) is 32.8 Å². The normalized spacial score (nSPS) is 20.5. The molecule has 1 atom stereocenters. The van der Waals surface area contributed by atoms with E-state index in [2.05, 4.69) is 21.2 Å². The molecular weight excluding hydrogens is 354 g/mol. The Labute approximate surface area is 136 Å². The summed E-state index contributed by atoms with van der Waals surface area (Å²) in [4.78, 5) is 24.0. The van der Waals surface area contributed by atoms with Crippen LogP contribution in [-0.4, -0.2) is 29.4 Å². The highest BCUT2D eigenvalue weighted by molar-refractivity contribution is 9.10. The van der Waals surface area contributed by atoms with Gasteiger partial charge in [-0.05, 0) is 32.9 Å². The van der Waals surface area contributed by atoms with Crippen LogP contribution in [0.15, 0.2) is 22.7 Å². The Balaban J connectivity index is 2.39. The molecule has 1 unspecified atom stereocenters. The van der Waals surface area contributed by atoms with E-state index in [1.807, 2.05) is 0 Å². The maximum atomic E-state index is 12.1. The van der Waals surface area contributed by atoms with Crippen molar-refractivity contribution in [2.24, 2.45) is 0 Å². The summed E-state index contributed by atoms with van der Waals surface area (Å²) in [6, 6.07) is 5.02. The van der Waals surface area contributed by atoms with Crippen molar-refractivity contribution in [2.75, 3.05) is 6.61 Å². The minimum Gasteiger partial charge on any atom is -0.493 e. The zero-order chi connectivity index (χ0) is 16.5. The lowest BCUT2D eigenvalue weighted by atomic mass is 9.84. The molecule has 0 aliphatic carbocycles. The van der Waals surface area contributed by atoms with Gasteiger partial charge in [-0.2, -0.15) is 0 Å². The summed E-state index contributed by atoms with van der Waals surface area (Å²) in [5.41, 5.74) is -1.87. The topological polar surface area (TPSA) is 84.9 Å². The van der Waals surface area contributed by atoms with Crippen LogP contribution in [-0.2, 0) is 15.1 Å². The smallest absolute Gasteiger partial charge is 0.408 e. The molecule has 22 heavy (non-hydrogen) atoms. The van der Waals surface area contributed by atoms with Crippen molar-refractivity contribution in [3.8, 4) is 5.75 Å². The predicted octanol–water partition coefficient (Wildman–Crippen LogP) is 3.04. The number of aliphatic carboxylic acids is 1. The summed E-state index contributed by atoms with van der Waals surface area (Å²) in [5, 5.41) is 12.2. The van der Waals surface area contributed by atoms with Crippen molar-refractivity contribution >= 4 is 28.0 Å². The van der Waals surface area contributed by atoms with Crippen molar-refractivity contribution in [3.63, 3.8) is 0 Å². The number of carboxylic acids is 1. The summed E-state index contributed by atoms with van der Waals surface area (Å²) >= 11 is 3.32. The minimum atomic E-state index is -1.56. The fourth-order valence-electron chi connectivity index (χ4n) is 2.30. The van der Waals surface area contributed by atoms with E-state index in [1.54, 1.807) is 39.0 Å². The molecule has 1 aromatic carbocycles. The molecule has 1 amide bonds. The average molecular weight is 372 g/mol. The fraction of sp³-hybridized carbons (Fsp3) is 0.467. The zero-order valence-corrected chi connectivity index (χ0v) is 14.2. The first-order valence-corrected chi connectivity index (χ1v) is 7.61. The second-order valence-corrected chi connectivity index (χ2v) is 6.99. The second-order valence-electron chi connectivity index (χ2n) is 6.08. The lowest BCUT2D eigenvalue weighted by molar-refractivity contribution is -0.146. The van der Waals surface area contributed by atoms with E-state index in [9.17, 15) is 14.7 Å². The number of amides is 1. The van der Waals surface area contributed by atoms with Gasteiger partial charge < -0.3 is 19.9 Å². The van der Waals surface area contributed by atoms with Gasteiger partial charge in [0.15, 0.2) is 5.54 Å². The van der Waals surface area contributed by atoms with Gasteiger partial charge in [-0.3, -0.25) is 0 Å². The maximum absolute atomic E-state index is 12.1.